The molecule has 0 amide bonds. The first-order valence-electron chi connectivity index (χ1n) is 6.72. The maximum atomic E-state index is 13.5. The van der Waals surface area contributed by atoms with E-state index in [1.54, 1.807) is 17.8 Å². The van der Waals surface area contributed by atoms with Crippen LogP contribution in [0.5, 0.6) is 0 Å². The van der Waals surface area contributed by atoms with Crippen LogP contribution in [0.15, 0.2) is 18.2 Å². The average molecular weight is 301 g/mol. The van der Waals surface area contributed by atoms with Gasteiger partial charge in [0.25, 0.3) is 0 Å². The van der Waals surface area contributed by atoms with Gasteiger partial charge in [0.1, 0.15) is 11.6 Å². The predicted molar refractivity (Wildman–Crippen MR) is 79.5 cm³/mol. The third-order valence-corrected chi connectivity index (χ3v) is 5.09. The maximum absolute atomic E-state index is 13.5. The van der Waals surface area contributed by atoms with E-state index in [0.29, 0.717) is 21.6 Å². The summed E-state index contributed by atoms with van der Waals surface area (Å²) >= 11 is 7.55. The van der Waals surface area contributed by atoms with E-state index in [9.17, 15) is 9.18 Å². The van der Waals surface area contributed by atoms with Crippen LogP contribution < -0.4 is 0 Å². The average Bonchev–Trinajstić information content (AvgIpc) is 2.42. The van der Waals surface area contributed by atoms with Crippen molar-refractivity contribution in [2.24, 2.45) is 0 Å². The Morgan fingerprint density at radius 3 is 2.79 bits per heavy atom. The van der Waals surface area contributed by atoms with Gasteiger partial charge in [-0.25, -0.2) is 4.39 Å². The summed E-state index contributed by atoms with van der Waals surface area (Å²) < 4.78 is 13.5. The molecular formula is C15H18ClFOS. The molecule has 0 N–H and O–H groups in total. The van der Waals surface area contributed by atoms with Gasteiger partial charge in [0, 0.05) is 16.7 Å². The second-order valence-electron chi connectivity index (χ2n) is 5.02. The SMILES string of the molecule is O=C(CSC1CCCCC1)Cc1cc(Cl)ccc1F. The Morgan fingerprint density at radius 1 is 1.32 bits per heavy atom. The molecule has 0 bridgehead atoms. The van der Waals surface area contributed by atoms with E-state index in [4.69, 9.17) is 11.6 Å². The Labute approximate surface area is 122 Å². The van der Waals surface area contributed by atoms with Gasteiger partial charge in [0.15, 0.2) is 0 Å². The Kier molecular flexibility index (Phi) is 5.71. The lowest BCUT2D eigenvalue weighted by atomic mass is 10.0. The van der Waals surface area contributed by atoms with Crippen molar-refractivity contribution >= 4 is 29.1 Å². The highest BCUT2D eigenvalue weighted by atomic mass is 35.5. The third-order valence-electron chi connectivity index (χ3n) is 3.43. The molecule has 0 saturated heterocycles. The Bertz CT molecular complexity index is 444. The van der Waals surface area contributed by atoms with Gasteiger partial charge < -0.3 is 0 Å². The van der Waals surface area contributed by atoms with Gasteiger partial charge in [-0.15, -0.1) is 0 Å². The zero-order valence-electron chi connectivity index (χ0n) is 10.8. The summed E-state index contributed by atoms with van der Waals surface area (Å²) in [4.78, 5) is 11.9. The summed E-state index contributed by atoms with van der Waals surface area (Å²) in [6.07, 6.45) is 6.43. The maximum Gasteiger partial charge on any atom is 0.147 e. The second kappa shape index (κ2) is 7.30. The van der Waals surface area contributed by atoms with Crippen LogP contribution in [-0.2, 0) is 11.2 Å². The molecule has 104 valence electrons. The molecule has 0 aliphatic heterocycles. The normalized spacial score (nSPS) is 16.5. The van der Waals surface area contributed by atoms with Gasteiger partial charge in [0.05, 0.1) is 5.75 Å². The first-order chi connectivity index (χ1) is 9.15. The van der Waals surface area contributed by atoms with Gasteiger partial charge in [-0.1, -0.05) is 30.9 Å². The molecule has 1 aliphatic carbocycles. The number of rotatable bonds is 5. The van der Waals surface area contributed by atoms with Crippen LogP contribution in [0.2, 0.25) is 5.02 Å². The molecule has 1 aromatic rings. The van der Waals surface area contributed by atoms with Gasteiger partial charge in [-0.2, -0.15) is 11.8 Å². The quantitative estimate of drug-likeness (QED) is 0.787. The molecule has 4 heteroatoms. The van der Waals surface area contributed by atoms with E-state index in [-0.39, 0.29) is 18.0 Å². The van der Waals surface area contributed by atoms with Crippen LogP contribution in [0, 0.1) is 5.82 Å². The fourth-order valence-electron chi connectivity index (χ4n) is 2.38. The minimum absolute atomic E-state index is 0.0803. The van der Waals surface area contributed by atoms with Crippen molar-refractivity contribution in [3.05, 3.63) is 34.6 Å². The molecule has 1 aliphatic rings. The lowest BCUT2D eigenvalue weighted by molar-refractivity contribution is -0.116. The highest BCUT2D eigenvalue weighted by Crippen LogP contribution is 2.28. The van der Waals surface area contributed by atoms with Crippen molar-refractivity contribution in [2.45, 2.75) is 43.8 Å². The minimum Gasteiger partial charge on any atom is -0.298 e. The van der Waals surface area contributed by atoms with E-state index >= 15 is 0 Å². The monoisotopic (exact) mass is 300 g/mol. The van der Waals surface area contributed by atoms with Crippen LogP contribution >= 0.6 is 23.4 Å². The zero-order valence-corrected chi connectivity index (χ0v) is 12.4. The van der Waals surface area contributed by atoms with Crippen LogP contribution in [0.25, 0.3) is 0 Å². The number of hydrogen-bond donors (Lipinski definition) is 0. The summed E-state index contributed by atoms with van der Waals surface area (Å²) in [5.74, 6) is 0.216. The van der Waals surface area contributed by atoms with Gasteiger partial charge in [0.2, 0.25) is 0 Å². The first kappa shape index (κ1) is 14.9. The third kappa shape index (κ3) is 4.81. The van der Waals surface area contributed by atoms with Crippen molar-refractivity contribution < 1.29 is 9.18 Å². The molecular weight excluding hydrogens is 283 g/mol. The van der Waals surface area contributed by atoms with E-state index in [1.807, 2.05) is 0 Å². The first-order valence-corrected chi connectivity index (χ1v) is 8.15. The highest BCUT2D eigenvalue weighted by Gasteiger charge is 2.16. The molecule has 2 rings (SSSR count). The van der Waals surface area contributed by atoms with Gasteiger partial charge >= 0.3 is 0 Å². The fourth-order valence-corrected chi connectivity index (χ4v) is 3.77. The number of ketones is 1. The summed E-state index contributed by atoms with van der Waals surface area (Å²) in [7, 11) is 0. The number of hydrogen-bond acceptors (Lipinski definition) is 2. The number of benzene rings is 1. The predicted octanol–water partition coefficient (Wildman–Crippen LogP) is 4.66. The van der Waals surface area contributed by atoms with E-state index < -0.39 is 0 Å². The molecule has 1 fully saturated rings. The highest BCUT2D eigenvalue weighted by molar-refractivity contribution is 8.00. The summed E-state index contributed by atoms with van der Waals surface area (Å²) in [5, 5.41) is 1.09. The van der Waals surface area contributed by atoms with Crippen LogP contribution in [-0.4, -0.2) is 16.8 Å². The Morgan fingerprint density at radius 2 is 2.05 bits per heavy atom. The standard InChI is InChI=1S/C15H18ClFOS/c16-12-6-7-15(17)11(8-12)9-13(18)10-19-14-4-2-1-3-5-14/h6-8,14H,1-5,9-10H2. The van der Waals surface area contributed by atoms with Crippen molar-refractivity contribution in [3.63, 3.8) is 0 Å². The number of carbonyl (C=O) groups excluding carboxylic acids is 1. The van der Waals surface area contributed by atoms with E-state index in [1.165, 1.54) is 44.2 Å². The molecule has 0 aromatic heterocycles. The van der Waals surface area contributed by atoms with Crippen LogP contribution in [0.1, 0.15) is 37.7 Å². The molecule has 1 saturated carbocycles. The number of Topliss-reactive ketones (excluding diaryl/α,β-unsaturated/α-hetero) is 1. The summed E-state index contributed by atoms with van der Waals surface area (Å²) in [6, 6.07) is 4.36. The number of halogens is 2. The topological polar surface area (TPSA) is 17.1 Å². The zero-order chi connectivity index (χ0) is 13.7. The number of carbonyl (C=O) groups is 1. The van der Waals surface area contributed by atoms with E-state index in [0.717, 1.165) is 0 Å². The van der Waals surface area contributed by atoms with Crippen molar-refractivity contribution in [1.82, 2.24) is 0 Å². The van der Waals surface area contributed by atoms with Crippen molar-refractivity contribution in [1.29, 1.82) is 0 Å². The van der Waals surface area contributed by atoms with Crippen LogP contribution in [0.4, 0.5) is 4.39 Å². The summed E-state index contributed by atoms with van der Waals surface area (Å²) in [6.45, 7) is 0. The molecule has 1 aromatic carbocycles. The molecule has 0 heterocycles. The molecule has 19 heavy (non-hydrogen) atoms. The molecule has 0 unspecified atom stereocenters. The van der Waals surface area contributed by atoms with Crippen LogP contribution in [0.3, 0.4) is 0 Å². The molecule has 1 nitrogen and oxygen atoms in total. The van der Waals surface area contributed by atoms with Gasteiger partial charge in [-0.3, -0.25) is 4.79 Å². The minimum atomic E-state index is -0.347. The Hall–Kier alpha value is -0.540. The molecule has 0 spiro atoms. The lowest BCUT2D eigenvalue weighted by Crippen LogP contribution is -2.13. The van der Waals surface area contributed by atoms with Crippen molar-refractivity contribution in [2.75, 3.05) is 5.75 Å². The molecule has 0 atom stereocenters. The van der Waals surface area contributed by atoms with E-state index in [2.05, 4.69) is 0 Å². The second-order valence-corrected chi connectivity index (χ2v) is 6.75. The van der Waals surface area contributed by atoms with Crippen molar-refractivity contribution in [3.8, 4) is 0 Å². The number of thioether (sulfide) groups is 1. The largest absolute Gasteiger partial charge is 0.298 e. The lowest BCUT2D eigenvalue weighted by Gasteiger charge is -2.20. The summed E-state index contributed by atoms with van der Waals surface area (Å²) in [5.41, 5.74) is 0.404. The fraction of sp³-hybridized carbons (Fsp3) is 0.533. The van der Waals surface area contributed by atoms with Gasteiger partial charge in [-0.05, 0) is 36.6 Å². The Balaban J connectivity index is 1.81. The molecule has 0 radical (unpaired) electrons. The smallest absolute Gasteiger partial charge is 0.147 e.